The number of carbonyl (C=O) groups excluding carboxylic acids is 2. The largest absolute Gasteiger partial charge is 0.507 e. The van der Waals surface area contributed by atoms with Crippen LogP contribution < -0.4 is 10.9 Å². The lowest BCUT2D eigenvalue weighted by atomic mass is 9.98. The summed E-state index contributed by atoms with van der Waals surface area (Å²) in [5.74, 6) is -0.234. The number of rotatable bonds is 11. The van der Waals surface area contributed by atoms with Crippen molar-refractivity contribution in [1.82, 2.24) is 5.32 Å². The van der Waals surface area contributed by atoms with Gasteiger partial charge in [-0.15, -0.1) is 0 Å². The van der Waals surface area contributed by atoms with Crippen LogP contribution in [-0.2, 0) is 11.2 Å². The van der Waals surface area contributed by atoms with Crippen molar-refractivity contribution in [3.8, 4) is 5.75 Å². The van der Waals surface area contributed by atoms with Gasteiger partial charge in [0.05, 0.1) is 7.11 Å². The number of ketones is 1. The van der Waals surface area contributed by atoms with E-state index in [-0.39, 0.29) is 17.2 Å². The van der Waals surface area contributed by atoms with Gasteiger partial charge in [0.15, 0.2) is 5.78 Å². The van der Waals surface area contributed by atoms with E-state index < -0.39 is 23.3 Å². The second-order valence-corrected chi connectivity index (χ2v) is 9.04. The number of allylic oxidation sites excluding steroid dienone is 2. The molecule has 2 aromatic rings. The van der Waals surface area contributed by atoms with Gasteiger partial charge in [0, 0.05) is 18.2 Å². The van der Waals surface area contributed by atoms with E-state index in [0.717, 1.165) is 18.4 Å². The quantitative estimate of drug-likeness (QED) is 0.302. The minimum absolute atomic E-state index is 0.189. The van der Waals surface area contributed by atoms with E-state index in [0.29, 0.717) is 24.3 Å². The molecule has 0 bridgehead atoms. The number of methoxy groups -OCH3 is 1. The van der Waals surface area contributed by atoms with Gasteiger partial charge in [-0.1, -0.05) is 51.1 Å². The van der Waals surface area contributed by atoms with Gasteiger partial charge in [-0.2, -0.15) is 0 Å². The van der Waals surface area contributed by atoms with E-state index in [1.54, 1.807) is 19.1 Å². The summed E-state index contributed by atoms with van der Waals surface area (Å²) in [4.78, 5) is 36.5. The number of ether oxygens (including phenoxy) is 1. The summed E-state index contributed by atoms with van der Waals surface area (Å²) in [6, 6.07) is 9.28. The minimum Gasteiger partial charge on any atom is -0.507 e. The van der Waals surface area contributed by atoms with Gasteiger partial charge >= 0.3 is 11.7 Å². The number of aryl methyl sites for hydroxylation is 1. The number of hydrogen-bond acceptors (Lipinski definition) is 6. The first kappa shape index (κ1) is 27.6. The highest BCUT2D eigenvalue weighted by atomic mass is 16.5. The number of hydrogen-bond donors (Lipinski definition) is 2. The molecule has 0 aliphatic carbocycles. The highest BCUT2D eigenvalue weighted by molar-refractivity contribution is 6.12. The molecule has 7 nitrogen and oxygen atoms in total. The van der Waals surface area contributed by atoms with Crippen molar-refractivity contribution >= 4 is 18.0 Å². The fourth-order valence-electron chi connectivity index (χ4n) is 3.46. The number of benzene rings is 1. The third kappa shape index (κ3) is 8.59. The predicted molar refractivity (Wildman–Crippen MR) is 137 cm³/mol. The van der Waals surface area contributed by atoms with Crippen LogP contribution in [0.3, 0.4) is 0 Å². The molecule has 0 aliphatic rings. The molecule has 1 atom stereocenters. The van der Waals surface area contributed by atoms with Crippen LogP contribution in [0.4, 0.5) is 4.79 Å². The number of aromatic hydroxyl groups is 1. The Bertz CT molecular complexity index is 1130. The minimum atomic E-state index is -0.864. The Morgan fingerprint density at radius 1 is 1.14 bits per heavy atom. The highest BCUT2D eigenvalue weighted by Crippen LogP contribution is 2.26. The lowest BCUT2D eigenvalue weighted by Crippen LogP contribution is -2.16. The zero-order valence-corrected chi connectivity index (χ0v) is 21.1. The Hall–Kier alpha value is -3.61. The van der Waals surface area contributed by atoms with E-state index in [1.165, 1.54) is 24.9 Å². The molecule has 1 amide bonds. The standard InChI is InChI=1S/C28H35NO6/c1-18(2)9-10-21-11-13-22(14-12-21)16-20(4)26(31)25-23(30)17-24(35-27(25)32)19(3)8-6-7-15-29-28(33)34-5/h7,11-19,30H,6,8-10H2,1-5H3,(H,29,33)/b15-7+,20-16+. The molecule has 0 saturated carbocycles. The van der Waals surface area contributed by atoms with Gasteiger partial charge in [0.25, 0.3) is 0 Å². The Kier molecular flexibility index (Phi) is 10.5. The van der Waals surface area contributed by atoms with Crippen molar-refractivity contribution in [1.29, 1.82) is 0 Å². The fourth-order valence-corrected chi connectivity index (χ4v) is 3.46. The van der Waals surface area contributed by atoms with Gasteiger partial charge in [-0.25, -0.2) is 9.59 Å². The highest BCUT2D eigenvalue weighted by Gasteiger charge is 2.22. The molecule has 0 spiro atoms. The molecule has 2 N–H and O–H groups in total. The molecule has 0 saturated heterocycles. The van der Waals surface area contributed by atoms with Gasteiger partial charge in [0.1, 0.15) is 17.1 Å². The van der Waals surface area contributed by atoms with Crippen LogP contribution in [0, 0.1) is 5.92 Å². The molecule has 1 unspecified atom stereocenters. The normalized spacial score (nSPS) is 12.7. The second kappa shape index (κ2) is 13.3. The second-order valence-electron chi connectivity index (χ2n) is 9.04. The Morgan fingerprint density at radius 3 is 2.43 bits per heavy atom. The van der Waals surface area contributed by atoms with E-state index >= 15 is 0 Å². The van der Waals surface area contributed by atoms with E-state index in [4.69, 9.17) is 4.42 Å². The maximum Gasteiger partial charge on any atom is 0.410 e. The SMILES string of the molecule is COC(=O)N/C=C/CCC(C)c1cc(O)c(C(=O)/C(C)=C/c2ccc(CCC(C)C)cc2)c(=O)o1. The van der Waals surface area contributed by atoms with Crippen molar-refractivity contribution in [3.63, 3.8) is 0 Å². The molecular weight excluding hydrogens is 446 g/mol. The first-order chi connectivity index (χ1) is 16.6. The van der Waals surface area contributed by atoms with Gasteiger partial charge in [-0.05, 0) is 61.3 Å². The predicted octanol–water partition coefficient (Wildman–Crippen LogP) is 5.97. The van der Waals surface area contributed by atoms with Crippen LogP contribution in [0.1, 0.15) is 80.1 Å². The Balaban J connectivity index is 2.08. The average molecular weight is 482 g/mol. The van der Waals surface area contributed by atoms with Crippen LogP contribution in [0.2, 0.25) is 0 Å². The molecule has 1 aromatic carbocycles. The van der Waals surface area contributed by atoms with Crippen LogP contribution in [0.15, 0.2) is 57.4 Å². The molecule has 0 aliphatic heterocycles. The Morgan fingerprint density at radius 2 is 1.83 bits per heavy atom. The average Bonchev–Trinajstić information content (AvgIpc) is 2.82. The third-order valence-corrected chi connectivity index (χ3v) is 5.66. The number of carbonyl (C=O) groups is 2. The summed E-state index contributed by atoms with van der Waals surface area (Å²) in [6.07, 6.45) is 7.65. The van der Waals surface area contributed by atoms with Crippen molar-refractivity contribution in [2.24, 2.45) is 5.92 Å². The lowest BCUT2D eigenvalue weighted by Gasteiger charge is -2.11. The molecule has 1 heterocycles. The molecule has 0 radical (unpaired) electrons. The summed E-state index contributed by atoms with van der Waals surface area (Å²) in [6.45, 7) is 7.84. The van der Waals surface area contributed by atoms with E-state index in [1.807, 2.05) is 31.2 Å². The van der Waals surface area contributed by atoms with Gasteiger partial charge in [-0.3, -0.25) is 10.1 Å². The number of Topliss-reactive ketones (excluding diaryl/α,β-unsaturated/α-hetero) is 1. The zero-order valence-electron chi connectivity index (χ0n) is 21.1. The van der Waals surface area contributed by atoms with E-state index in [9.17, 15) is 19.5 Å². The maximum atomic E-state index is 12.9. The smallest absolute Gasteiger partial charge is 0.410 e. The molecule has 188 valence electrons. The van der Waals surface area contributed by atoms with Crippen molar-refractivity contribution in [2.75, 3.05) is 7.11 Å². The van der Waals surface area contributed by atoms with Crippen LogP contribution in [0.5, 0.6) is 5.75 Å². The fraction of sp³-hybridized carbons (Fsp3) is 0.393. The van der Waals surface area contributed by atoms with Crippen LogP contribution in [0.25, 0.3) is 6.08 Å². The zero-order chi connectivity index (χ0) is 26.0. The number of nitrogens with one attached hydrogen (secondary N) is 1. The molecule has 7 heteroatoms. The molecule has 2 rings (SSSR count). The Labute approximate surface area is 206 Å². The monoisotopic (exact) mass is 481 g/mol. The first-order valence-corrected chi connectivity index (χ1v) is 11.8. The van der Waals surface area contributed by atoms with Crippen LogP contribution in [-0.4, -0.2) is 24.1 Å². The summed E-state index contributed by atoms with van der Waals surface area (Å²) in [7, 11) is 1.28. The summed E-state index contributed by atoms with van der Waals surface area (Å²) in [5, 5.41) is 12.9. The third-order valence-electron chi connectivity index (χ3n) is 5.66. The topological polar surface area (TPSA) is 106 Å². The summed E-state index contributed by atoms with van der Waals surface area (Å²) >= 11 is 0. The van der Waals surface area contributed by atoms with Gasteiger partial charge in [0.2, 0.25) is 0 Å². The molecular formula is C28H35NO6. The van der Waals surface area contributed by atoms with Crippen molar-refractivity contribution in [2.45, 2.75) is 59.3 Å². The van der Waals surface area contributed by atoms with Crippen molar-refractivity contribution < 1.29 is 23.8 Å². The van der Waals surface area contributed by atoms with E-state index in [2.05, 4.69) is 23.9 Å². The number of alkyl carbamates (subject to hydrolysis) is 1. The molecule has 1 aromatic heterocycles. The van der Waals surface area contributed by atoms with Gasteiger partial charge < -0.3 is 14.3 Å². The van der Waals surface area contributed by atoms with Crippen molar-refractivity contribution in [3.05, 3.63) is 81.1 Å². The molecule has 0 fully saturated rings. The lowest BCUT2D eigenvalue weighted by molar-refractivity contribution is 0.102. The van der Waals surface area contributed by atoms with Crippen LogP contribution >= 0.6 is 0 Å². The maximum absolute atomic E-state index is 12.9. The first-order valence-electron chi connectivity index (χ1n) is 11.8. The number of amides is 1. The molecule has 35 heavy (non-hydrogen) atoms. The summed E-state index contributed by atoms with van der Waals surface area (Å²) < 4.78 is 9.83. The summed E-state index contributed by atoms with van der Waals surface area (Å²) in [5.41, 5.74) is 1.17.